The lowest BCUT2D eigenvalue weighted by Gasteiger charge is -2.21. The van der Waals surface area contributed by atoms with Crippen LogP contribution in [0.2, 0.25) is 0 Å². The quantitative estimate of drug-likeness (QED) is 0.0222. The second-order valence-electron chi connectivity index (χ2n) is 24.5. The van der Waals surface area contributed by atoms with Crippen molar-refractivity contribution >= 4 is 39.5 Å². The topological polar surface area (TPSA) is 237 Å². The van der Waals surface area contributed by atoms with Crippen molar-refractivity contribution in [1.29, 1.82) is 0 Å². The maximum atomic E-state index is 13.0. The fourth-order valence-electron chi connectivity index (χ4n) is 9.71. The number of unbranched alkanes of at least 4 members (excludes halogenated alkanes) is 34. The van der Waals surface area contributed by atoms with Crippen LogP contribution in [0.15, 0.2) is 0 Å². The van der Waals surface area contributed by atoms with Gasteiger partial charge in [-0.1, -0.05) is 273 Å². The molecule has 0 spiro atoms. The Morgan fingerprint density at radius 3 is 0.810 bits per heavy atom. The van der Waals surface area contributed by atoms with Crippen LogP contribution in [0, 0.1) is 11.8 Å². The van der Waals surface area contributed by atoms with Gasteiger partial charge in [0.15, 0.2) is 12.2 Å². The molecule has 2 unspecified atom stereocenters. The minimum atomic E-state index is -4.95. The van der Waals surface area contributed by atoms with Gasteiger partial charge in [0.1, 0.15) is 19.3 Å². The first-order valence-electron chi connectivity index (χ1n) is 34.0. The molecule has 0 aromatic carbocycles. The van der Waals surface area contributed by atoms with Crippen LogP contribution in [-0.4, -0.2) is 96.7 Å². The molecule has 0 radical (unpaired) electrons. The molecule has 0 fully saturated rings. The highest BCUT2D eigenvalue weighted by molar-refractivity contribution is 7.47. The number of aliphatic hydroxyl groups excluding tert-OH is 1. The third-order valence-electron chi connectivity index (χ3n) is 15.0. The number of hydrogen-bond acceptors (Lipinski definition) is 15. The maximum Gasteiger partial charge on any atom is 0.472 e. The minimum absolute atomic E-state index is 0.104. The standard InChI is InChI=1S/C65H126O17P2/c1-7-9-11-13-15-17-18-19-20-21-22-31-37-43-49-64(69)81-61(54-76-63(68)48-42-36-30-25-23-27-33-39-45-57(3)4)56-80-84(73,74)78-52-59(66)51-77-83(71,72)79-55-60(53-75-62(67)47-41-35-29-16-14-12-10-8-2)82-65(70)50-44-38-32-26-24-28-34-40-46-58(5)6/h57-61,66H,7-56H2,1-6H3,(H,71,72)(H,73,74)/t59-,60+,61+/m0/s1. The largest absolute Gasteiger partial charge is 0.472 e. The molecule has 19 heteroatoms. The highest BCUT2D eigenvalue weighted by Gasteiger charge is 2.30. The number of phosphoric acid groups is 2. The van der Waals surface area contributed by atoms with Crippen molar-refractivity contribution < 1.29 is 80.2 Å². The molecule has 0 amide bonds. The molecule has 17 nitrogen and oxygen atoms in total. The molecule has 0 aliphatic rings. The average molecular weight is 1240 g/mol. The van der Waals surface area contributed by atoms with Crippen LogP contribution in [0.5, 0.6) is 0 Å². The van der Waals surface area contributed by atoms with Crippen molar-refractivity contribution in [2.24, 2.45) is 11.8 Å². The Kier molecular flexibility index (Phi) is 56.2. The van der Waals surface area contributed by atoms with E-state index in [-0.39, 0.29) is 25.7 Å². The first-order valence-corrected chi connectivity index (χ1v) is 37.0. The number of esters is 4. The van der Waals surface area contributed by atoms with Crippen molar-refractivity contribution in [1.82, 2.24) is 0 Å². The van der Waals surface area contributed by atoms with Crippen LogP contribution in [-0.2, 0) is 65.4 Å². The lowest BCUT2D eigenvalue weighted by molar-refractivity contribution is -0.161. The number of carbonyl (C=O) groups excluding carboxylic acids is 4. The molecule has 0 heterocycles. The van der Waals surface area contributed by atoms with Crippen molar-refractivity contribution in [3.63, 3.8) is 0 Å². The summed E-state index contributed by atoms with van der Waals surface area (Å²) in [7, 11) is -9.89. The van der Waals surface area contributed by atoms with Crippen LogP contribution >= 0.6 is 15.6 Å². The number of rotatable bonds is 64. The molecule has 0 aliphatic carbocycles. The normalized spacial score (nSPS) is 14.3. The van der Waals surface area contributed by atoms with Crippen LogP contribution in [0.1, 0.15) is 324 Å². The Hall–Kier alpha value is -1.94. The second-order valence-corrected chi connectivity index (χ2v) is 27.4. The summed E-state index contributed by atoms with van der Waals surface area (Å²) in [5.74, 6) is -0.690. The highest BCUT2D eigenvalue weighted by atomic mass is 31.2. The molecular formula is C65H126O17P2. The zero-order valence-electron chi connectivity index (χ0n) is 54.2. The molecule has 3 N–H and O–H groups in total. The molecule has 0 bridgehead atoms. The number of phosphoric ester groups is 2. The molecule has 5 atom stereocenters. The van der Waals surface area contributed by atoms with Gasteiger partial charge >= 0.3 is 39.5 Å². The zero-order chi connectivity index (χ0) is 62.2. The SMILES string of the molecule is CCCCCCCCCCCCCCCCC(=O)O[C@H](COC(=O)CCCCCCCCCCC(C)C)COP(=O)(O)OC[C@@H](O)COP(=O)(O)OC[C@@H](COC(=O)CCCCCCCCCC)OC(=O)CCCCCCCCCCC(C)C. The molecule has 0 aromatic rings. The summed E-state index contributed by atoms with van der Waals surface area (Å²) in [6, 6.07) is 0. The zero-order valence-corrected chi connectivity index (χ0v) is 56.0. The van der Waals surface area contributed by atoms with E-state index in [1.54, 1.807) is 0 Å². The van der Waals surface area contributed by atoms with Crippen LogP contribution < -0.4 is 0 Å². The van der Waals surface area contributed by atoms with Gasteiger partial charge in [0.25, 0.3) is 0 Å². The number of carbonyl (C=O) groups is 4. The fraction of sp³-hybridized carbons (Fsp3) is 0.938. The van der Waals surface area contributed by atoms with E-state index >= 15 is 0 Å². The van der Waals surface area contributed by atoms with Crippen LogP contribution in [0.4, 0.5) is 0 Å². The first-order chi connectivity index (χ1) is 40.4. The number of hydrogen-bond donors (Lipinski definition) is 3. The third-order valence-corrected chi connectivity index (χ3v) is 16.9. The lowest BCUT2D eigenvalue weighted by Crippen LogP contribution is -2.30. The molecule has 0 aliphatic heterocycles. The van der Waals surface area contributed by atoms with E-state index in [0.717, 1.165) is 108 Å². The monoisotopic (exact) mass is 1240 g/mol. The number of aliphatic hydroxyl groups is 1. The summed E-state index contributed by atoms with van der Waals surface area (Å²) in [6.45, 7) is 9.41. The van der Waals surface area contributed by atoms with Crippen LogP contribution in [0.25, 0.3) is 0 Å². The van der Waals surface area contributed by atoms with Crippen LogP contribution in [0.3, 0.4) is 0 Å². The molecule has 0 saturated carbocycles. The highest BCUT2D eigenvalue weighted by Crippen LogP contribution is 2.45. The van der Waals surface area contributed by atoms with E-state index in [1.165, 1.54) is 135 Å². The summed E-state index contributed by atoms with van der Waals surface area (Å²) in [6.07, 6.45) is 40.4. The van der Waals surface area contributed by atoms with Gasteiger partial charge in [-0.2, -0.15) is 0 Å². The molecule has 498 valence electrons. The third kappa shape index (κ3) is 59.0. The van der Waals surface area contributed by atoms with Crippen molar-refractivity contribution in [2.45, 2.75) is 342 Å². The average Bonchev–Trinajstić information content (AvgIpc) is 3.59. The van der Waals surface area contributed by atoms with Crippen molar-refractivity contribution in [3.05, 3.63) is 0 Å². The predicted molar refractivity (Wildman–Crippen MR) is 335 cm³/mol. The van der Waals surface area contributed by atoms with Gasteiger partial charge < -0.3 is 33.8 Å². The van der Waals surface area contributed by atoms with Gasteiger partial charge in [0.05, 0.1) is 26.4 Å². The lowest BCUT2D eigenvalue weighted by atomic mass is 10.0. The smallest absolute Gasteiger partial charge is 0.462 e. The Balaban J connectivity index is 5.23. The molecule has 0 rings (SSSR count). The van der Waals surface area contributed by atoms with Gasteiger partial charge in [-0.3, -0.25) is 37.3 Å². The molecular weight excluding hydrogens is 1110 g/mol. The van der Waals surface area contributed by atoms with E-state index in [9.17, 15) is 43.2 Å². The maximum absolute atomic E-state index is 13.0. The fourth-order valence-corrected chi connectivity index (χ4v) is 11.3. The minimum Gasteiger partial charge on any atom is -0.462 e. The Morgan fingerprint density at radius 1 is 0.321 bits per heavy atom. The summed E-state index contributed by atoms with van der Waals surface area (Å²) in [5, 5.41) is 10.5. The van der Waals surface area contributed by atoms with Crippen molar-refractivity contribution in [3.8, 4) is 0 Å². The van der Waals surface area contributed by atoms with Crippen molar-refractivity contribution in [2.75, 3.05) is 39.6 Å². The Labute approximate surface area is 511 Å². The Morgan fingerprint density at radius 2 is 0.548 bits per heavy atom. The van der Waals surface area contributed by atoms with Gasteiger partial charge in [0, 0.05) is 25.7 Å². The van der Waals surface area contributed by atoms with E-state index in [1.807, 2.05) is 0 Å². The first kappa shape index (κ1) is 82.1. The molecule has 0 saturated heterocycles. The summed E-state index contributed by atoms with van der Waals surface area (Å²) >= 11 is 0. The molecule has 84 heavy (non-hydrogen) atoms. The summed E-state index contributed by atoms with van der Waals surface area (Å²) in [4.78, 5) is 72.2. The summed E-state index contributed by atoms with van der Waals surface area (Å²) in [5.41, 5.74) is 0. The number of ether oxygens (including phenoxy) is 4. The van der Waals surface area contributed by atoms with E-state index in [2.05, 4.69) is 41.5 Å². The van der Waals surface area contributed by atoms with E-state index in [4.69, 9.17) is 37.0 Å². The summed E-state index contributed by atoms with van der Waals surface area (Å²) < 4.78 is 68.0. The van der Waals surface area contributed by atoms with Gasteiger partial charge in [0.2, 0.25) is 0 Å². The van der Waals surface area contributed by atoms with E-state index in [0.29, 0.717) is 25.7 Å². The van der Waals surface area contributed by atoms with Gasteiger partial charge in [-0.05, 0) is 37.5 Å². The Bertz CT molecular complexity index is 1650. The second kappa shape index (κ2) is 57.5. The van der Waals surface area contributed by atoms with E-state index < -0.39 is 97.5 Å². The van der Waals surface area contributed by atoms with Gasteiger partial charge in [-0.25, -0.2) is 9.13 Å². The predicted octanol–water partition coefficient (Wildman–Crippen LogP) is 18.0. The van der Waals surface area contributed by atoms with Gasteiger partial charge in [-0.15, -0.1) is 0 Å². The molecule has 0 aromatic heterocycles.